The molecule has 0 saturated heterocycles. The van der Waals surface area contributed by atoms with E-state index in [1.165, 1.54) is 17.3 Å². The molecule has 5 aromatic rings. The van der Waals surface area contributed by atoms with Gasteiger partial charge >= 0.3 is 0 Å². The van der Waals surface area contributed by atoms with Crippen LogP contribution in [-0.2, 0) is 12.3 Å². The third-order valence-electron chi connectivity index (χ3n) is 4.54. The summed E-state index contributed by atoms with van der Waals surface area (Å²) in [6.07, 6.45) is 0. The van der Waals surface area contributed by atoms with E-state index in [1.54, 1.807) is 17.4 Å². The number of hydrogen-bond donors (Lipinski definition) is 0. The minimum absolute atomic E-state index is 0.409. The second-order valence-corrected chi connectivity index (χ2v) is 8.94. The van der Waals surface area contributed by atoms with Crippen molar-refractivity contribution in [2.75, 3.05) is 0 Å². The van der Waals surface area contributed by atoms with Gasteiger partial charge < -0.3 is 4.52 Å². The van der Waals surface area contributed by atoms with Crippen molar-refractivity contribution in [3.05, 3.63) is 88.5 Å². The lowest BCUT2D eigenvalue weighted by Crippen LogP contribution is -2.03. The molecule has 0 amide bonds. The standard InChI is InChI=1S/C22H16ClN5OS2/c23-17-10-5-4-9-16(17)21-24-19(27-29-21)14-31-22-26-25-20(18-11-6-12-30-18)28(22)13-15-7-2-1-3-8-15/h1-12H,13-14H2. The quantitative estimate of drug-likeness (QED) is 0.272. The smallest absolute Gasteiger partial charge is 0.259 e. The lowest BCUT2D eigenvalue weighted by Gasteiger charge is -2.09. The van der Waals surface area contributed by atoms with E-state index in [0.717, 1.165) is 21.4 Å². The number of thiophene rings is 1. The number of thioether (sulfide) groups is 1. The van der Waals surface area contributed by atoms with Crippen LogP contribution in [-0.4, -0.2) is 24.9 Å². The zero-order valence-corrected chi connectivity index (χ0v) is 18.6. The molecule has 3 heterocycles. The van der Waals surface area contributed by atoms with Gasteiger partial charge in [0.15, 0.2) is 16.8 Å². The monoisotopic (exact) mass is 465 g/mol. The highest BCUT2D eigenvalue weighted by Crippen LogP contribution is 2.30. The van der Waals surface area contributed by atoms with Gasteiger partial charge in [-0.3, -0.25) is 4.57 Å². The summed E-state index contributed by atoms with van der Waals surface area (Å²) < 4.78 is 7.54. The summed E-state index contributed by atoms with van der Waals surface area (Å²) in [4.78, 5) is 5.57. The van der Waals surface area contributed by atoms with E-state index in [4.69, 9.17) is 16.1 Å². The predicted molar refractivity (Wildman–Crippen MR) is 123 cm³/mol. The first-order valence-corrected chi connectivity index (χ1v) is 11.7. The van der Waals surface area contributed by atoms with Crippen LogP contribution in [0, 0.1) is 0 Å². The highest BCUT2D eigenvalue weighted by molar-refractivity contribution is 7.98. The molecule has 0 aliphatic rings. The topological polar surface area (TPSA) is 69.6 Å². The Balaban J connectivity index is 1.39. The van der Waals surface area contributed by atoms with Gasteiger partial charge in [-0.25, -0.2) is 0 Å². The van der Waals surface area contributed by atoms with Crippen LogP contribution in [0.15, 0.2) is 81.8 Å². The predicted octanol–water partition coefficient (Wildman–Crippen LogP) is 6.05. The molecule has 0 bridgehead atoms. The number of aromatic nitrogens is 5. The Bertz CT molecular complexity index is 1280. The Labute approximate surface area is 191 Å². The number of halogens is 1. The molecular weight excluding hydrogens is 450 g/mol. The van der Waals surface area contributed by atoms with Crippen molar-refractivity contribution in [1.82, 2.24) is 24.9 Å². The first-order chi connectivity index (χ1) is 15.3. The summed E-state index contributed by atoms with van der Waals surface area (Å²) >= 11 is 9.41. The van der Waals surface area contributed by atoms with Crippen LogP contribution >= 0.6 is 34.7 Å². The van der Waals surface area contributed by atoms with E-state index >= 15 is 0 Å². The van der Waals surface area contributed by atoms with Crippen LogP contribution in [0.4, 0.5) is 0 Å². The summed E-state index contributed by atoms with van der Waals surface area (Å²) in [5, 5.41) is 16.4. The van der Waals surface area contributed by atoms with Gasteiger partial charge in [-0.1, -0.05) is 77.1 Å². The van der Waals surface area contributed by atoms with Crippen LogP contribution in [0.25, 0.3) is 22.2 Å². The highest BCUT2D eigenvalue weighted by atomic mass is 35.5. The number of benzene rings is 2. The molecule has 2 aromatic carbocycles. The Hall–Kier alpha value is -2.94. The molecule has 31 heavy (non-hydrogen) atoms. The minimum atomic E-state index is 0.409. The van der Waals surface area contributed by atoms with Crippen molar-refractivity contribution in [3.63, 3.8) is 0 Å². The van der Waals surface area contributed by atoms with E-state index in [2.05, 4.69) is 43.1 Å². The van der Waals surface area contributed by atoms with Crippen LogP contribution in [0.3, 0.4) is 0 Å². The molecule has 9 heteroatoms. The molecule has 0 spiro atoms. The molecule has 0 saturated carbocycles. The summed E-state index contributed by atoms with van der Waals surface area (Å²) in [6.45, 7) is 0.681. The van der Waals surface area contributed by atoms with Crippen molar-refractivity contribution in [3.8, 4) is 22.2 Å². The number of nitrogens with zero attached hydrogens (tertiary/aromatic N) is 5. The van der Waals surface area contributed by atoms with Crippen LogP contribution < -0.4 is 0 Å². The highest BCUT2D eigenvalue weighted by Gasteiger charge is 2.17. The first kappa shape index (κ1) is 20.0. The molecule has 3 aromatic heterocycles. The summed E-state index contributed by atoms with van der Waals surface area (Å²) in [6, 6.07) is 21.8. The van der Waals surface area contributed by atoms with Gasteiger partial charge in [0.2, 0.25) is 0 Å². The fourth-order valence-corrected chi connectivity index (χ4v) is 4.79. The molecule has 154 valence electrons. The fraction of sp³-hybridized carbons (Fsp3) is 0.0909. The van der Waals surface area contributed by atoms with Crippen LogP contribution in [0.5, 0.6) is 0 Å². The molecule has 0 N–H and O–H groups in total. The van der Waals surface area contributed by atoms with Crippen LogP contribution in [0.2, 0.25) is 5.02 Å². The second kappa shape index (κ2) is 9.05. The minimum Gasteiger partial charge on any atom is -0.334 e. The number of rotatable bonds is 7. The maximum atomic E-state index is 6.24. The Kier molecular flexibility index (Phi) is 5.84. The molecule has 6 nitrogen and oxygen atoms in total. The average Bonchev–Trinajstić information content (AvgIpc) is 3.55. The molecule has 0 atom stereocenters. The van der Waals surface area contributed by atoms with Gasteiger partial charge in [0, 0.05) is 0 Å². The summed E-state index contributed by atoms with van der Waals surface area (Å²) in [7, 11) is 0. The molecular formula is C22H16ClN5OS2. The van der Waals surface area contributed by atoms with Crippen molar-refractivity contribution >= 4 is 34.7 Å². The maximum Gasteiger partial charge on any atom is 0.259 e. The van der Waals surface area contributed by atoms with Gasteiger partial charge in [0.1, 0.15) is 0 Å². The SMILES string of the molecule is Clc1ccccc1-c1nc(CSc2nnc(-c3cccs3)n2Cc2ccccc2)no1. The van der Waals surface area contributed by atoms with Crippen molar-refractivity contribution < 1.29 is 4.52 Å². The molecule has 0 aliphatic carbocycles. The lowest BCUT2D eigenvalue weighted by molar-refractivity contribution is 0.425. The fourth-order valence-electron chi connectivity index (χ4n) is 3.08. The normalized spacial score (nSPS) is 11.1. The first-order valence-electron chi connectivity index (χ1n) is 9.49. The lowest BCUT2D eigenvalue weighted by atomic mass is 10.2. The van der Waals surface area contributed by atoms with Crippen molar-refractivity contribution in [2.45, 2.75) is 17.5 Å². The van der Waals surface area contributed by atoms with E-state index in [0.29, 0.717) is 29.0 Å². The van der Waals surface area contributed by atoms with Gasteiger partial charge in [-0.05, 0) is 29.1 Å². The van der Waals surface area contributed by atoms with E-state index < -0.39 is 0 Å². The molecule has 0 unspecified atom stereocenters. The summed E-state index contributed by atoms with van der Waals surface area (Å²) in [5.41, 5.74) is 1.91. The van der Waals surface area contributed by atoms with Gasteiger partial charge in [-0.2, -0.15) is 4.98 Å². The molecule has 5 rings (SSSR count). The van der Waals surface area contributed by atoms with E-state index in [1.807, 2.05) is 47.8 Å². The largest absolute Gasteiger partial charge is 0.334 e. The zero-order chi connectivity index (χ0) is 21.0. The van der Waals surface area contributed by atoms with E-state index in [-0.39, 0.29) is 0 Å². The third kappa shape index (κ3) is 4.41. The third-order valence-corrected chi connectivity index (χ3v) is 6.70. The van der Waals surface area contributed by atoms with E-state index in [9.17, 15) is 0 Å². The zero-order valence-electron chi connectivity index (χ0n) is 16.2. The maximum absolute atomic E-state index is 6.24. The van der Waals surface area contributed by atoms with Crippen molar-refractivity contribution in [1.29, 1.82) is 0 Å². The molecule has 0 radical (unpaired) electrons. The van der Waals surface area contributed by atoms with Gasteiger partial charge in [-0.15, -0.1) is 21.5 Å². The molecule has 0 aliphatic heterocycles. The van der Waals surface area contributed by atoms with Gasteiger partial charge in [0.25, 0.3) is 5.89 Å². The van der Waals surface area contributed by atoms with Crippen molar-refractivity contribution in [2.24, 2.45) is 0 Å². The Morgan fingerprint density at radius 2 is 1.81 bits per heavy atom. The average molecular weight is 466 g/mol. The second-order valence-electron chi connectivity index (χ2n) is 6.64. The Morgan fingerprint density at radius 3 is 2.61 bits per heavy atom. The summed E-state index contributed by atoms with van der Waals surface area (Å²) in [5.74, 6) is 2.34. The molecule has 0 fully saturated rings. The number of hydrogen-bond acceptors (Lipinski definition) is 7. The van der Waals surface area contributed by atoms with Gasteiger partial charge in [0.05, 0.1) is 27.8 Å². The Morgan fingerprint density at radius 1 is 0.968 bits per heavy atom. The van der Waals surface area contributed by atoms with Crippen LogP contribution in [0.1, 0.15) is 11.4 Å².